The molecule has 0 fully saturated rings. The summed E-state index contributed by atoms with van der Waals surface area (Å²) in [6, 6.07) is 7.94. The van der Waals surface area contributed by atoms with Crippen molar-refractivity contribution in [3.8, 4) is 6.07 Å². The lowest BCUT2D eigenvalue weighted by molar-refractivity contribution is 0.750. The molecule has 0 radical (unpaired) electrons. The minimum atomic E-state index is 0.370. The van der Waals surface area contributed by atoms with Gasteiger partial charge in [0.25, 0.3) is 0 Å². The van der Waals surface area contributed by atoms with E-state index in [1.165, 1.54) is 25.0 Å². The number of anilines is 2. The van der Waals surface area contributed by atoms with Gasteiger partial charge >= 0.3 is 0 Å². The molecule has 0 amide bonds. The summed E-state index contributed by atoms with van der Waals surface area (Å²) >= 11 is 1.90. The second-order valence-electron chi connectivity index (χ2n) is 4.23. The van der Waals surface area contributed by atoms with Crippen molar-refractivity contribution in [2.24, 2.45) is 0 Å². The molecule has 0 bridgehead atoms. The zero-order valence-electron chi connectivity index (χ0n) is 10.9. The predicted octanol–water partition coefficient (Wildman–Crippen LogP) is 3.28. The van der Waals surface area contributed by atoms with E-state index in [4.69, 9.17) is 11.0 Å². The van der Waals surface area contributed by atoms with Crippen LogP contribution < -0.4 is 11.1 Å². The largest absolute Gasteiger partial charge is 0.398 e. The van der Waals surface area contributed by atoms with Gasteiger partial charge in [0.15, 0.2) is 0 Å². The number of nitriles is 1. The van der Waals surface area contributed by atoms with Crippen LogP contribution in [-0.4, -0.2) is 18.6 Å². The fraction of sp³-hybridized carbons (Fsp3) is 0.500. The number of hydrogen-bond donors (Lipinski definition) is 2. The minimum absolute atomic E-state index is 0.370. The van der Waals surface area contributed by atoms with Gasteiger partial charge in [-0.15, -0.1) is 0 Å². The van der Waals surface area contributed by atoms with E-state index in [-0.39, 0.29) is 0 Å². The fourth-order valence-electron chi connectivity index (χ4n) is 1.73. The second kappa shape index (κ2) is 8.71. The molecule has 3 N–H and O–H groups in total. The Morgan fingerprint density at radius 3 is 2.89 bits per heavy atom. The van der Waals surface area contributed by atoms with Crippen molar-refractivity contribution in [2.45, 2.75) is 25.7 Å². The van der Waals surface area contributed by atoms with Crippen LogP contribution in [0.4, 0.5) is 11.4 Å². The van der Waals surface area contributed by atoms with E-state index >= 15 is 0 Å². The Labute approximate surface area is 114 Å². The van der Waals surface area contributed by atoms with Gasteiger partial charge in [0.1, 0.15) is 0 Å². The predicted molar refractivity (Wildman–Crippen MR) is 80.9 cm³/mol. The standard InChI is InChI=1S/C14H21N3S/c1-18-10-4-2-3-9-17-13-5-6-14(16)12(11-13)7-8-15/h5-6,11,17H,2-4,7,9-10,16H2,1H3. The lowest BCUT2D eigenvalue weighted by atomic mass is 10.1. The van der Waals surface area contributed by atoms with Crippen molar-refractivity contribution >= 4 is 23.1 Å². The second-order valence-corrected chi connectivity index (χ2v) is 5.21. The monoisotopic (exact) mass is 263 g/mol. The van der Waals surface area contributed by atoms with Crippen molar-refractivity contribution in [3.63, 3.8) is 0 Å². The minimum Gasteiger partial charge on any atom is -0.398 e. The SMILES string of the molecule is CSCCCCCNc1ccc(N)c(CC#N)c1. The number of benzene rings is 1. The van der Waals surface area contributed by atoms with Gasteiger partial charge in [-0.05, 0) is 48.6 Å². The first-order valence-electron chi connectivity index (χ1n) is 6.26. The summed E-state index contributed by atoms with van der Waals surface area (Å²) in [7, 11) is 0. The average molecular weight is 263 g/mol. The highest BCUT2D eigenvalue weighted by molar-refractivity contribution is 7.98. The van der Waals surface area contributed by atoms with Crippen LogP contribution in [0.5, 0.6) is 0 Å². The summed E-state index contributed by atoms with van der Waals surface area (Å²) in [6.45, 7) is 0.976. The quantitative estimate of drug-likeness (QED) is 0.558. The molecule has 0 aliphatic heterocycles. The van der Waals surface area contributed by atoms with Gasteiger partial charge in [0, 0.05) is 17.9 Å². The Balaban J connectivity index is 2.34. The molecule has 98 valence electrons. The summed E-state index contributed by atoms with van der Waals surface area (Å²) in [5.74, 6) is 1.24. The molecule has 0 saturated heterocycles. The maximum atomic E-state index is 8.70. The summed E-state index contributed by atoms with van der Waals surface area (Å²) in [5, 5.41) is 12.1. The number of nitrogens with one attached hydrogen (secondary N) is 1. The van der Waals surface area contributed by atoms with Crippen LogP contribution in [0, 0.1) is 11.3 Å². The van der Waals surface area contributed by atoms with E-state index in [2.05, 4.69) is 17.6 Å². The topological polar surface area (TPSA) is 61.8 Å². The van der Waals surface area contributed by atoms with E-state index in [1.807, 2.05) is 30.0 Å². The van der Waals surface area contributed by atoms with Crippen LogP contribution in [-0.2, 0) is 6.42 Å². The third kappa shape index (κ3) is 5.33. The normalized spacial score (nSPS) is 10.0. The molecule has 1 rings (SSSR count). The highest BCUT2D eigenvalue weighted by Crippen LogP contribution is 2.18. The lowest BCUT2D eigenvalue weighted by Gasteiger charge is -2.09. The van der Waals surface area contributed by atoms with Gasteiger partial charge in [0.05, 0.1) is 12.5 Å². The molecule has 0 spiro atoms. The molecule has 0 unspecified atom stereocenters. The summed E-state index contributed by atoms with van der Waals surface area (Å²) < 4.78 is 0. The number of rotatable bonds is 8. The number of thioether (sulfide) groups is 1. The zero-order chi connectivity index (χ0) is 13.2. The van der Waals surface area contributed by atoms with Crippen LogP contribution in [0.3, 0.4) is 0 Å². The first kappa shape index (κ1) is 14.7. The van der Waals surface area contributed by atoms with Crippen LogP contribution >= 0.6 is 11.8 Å². The first-order chi connectivity index (χ1) is 8.77. The van der Waals surface area contributed by atoms with E-state index in [0.717, 1.165) is 17.8 Å². The Kier molecular flexibility index (Phi) is 7.12. The summed E-state index contributed by atoms with van der Waals surface area (Å²) in [4.78, 5) is 0. The molecule has 1 aromatic carbocycles. The molecular weight excluding hydrogens is 242 g/mol. The average Bonchev–Trinajstić information content (AvgIpc) is 2.37. The van der Waals surface area contributed by atoms with Crippen LogP contribution in [0.1, 0.15) is 24.8 Å². The van der Waals surface area contributed by atoms with E-state index < -0.39 is 0 Å². The van der Waals surface area contributed by atoms with Crippen LogP contribution in [0.2, 0.25) is 0 Å². The molecule has 4 heteroatoms. The maximum Gasteiger partial charge on any atom is 0.0670 e. The lowest BCUT2D eigenvalue weighted by Crippen LogP contribution is -2.03. The highest BCUT2D eigenvalue weighted by Gasteiger charge is 2.00. The van der Waals surface area contributed by atoms with Crippen molar-refractivity contribution < 1.29 is 0 Å². The Morgan fingerprint density at radius 2 is 2.17 bits per heavy atom. The number of nitrogens with two attached hydrogens (primary N) is 1. The molecule has 3 nitrogen and oxygen atoms in total. The molecule has 0 aromatic heterocycles. The molecule has 0 aliphatic carbocycles. The first-order valence-corrected chi connectivity index (χ1v) is 7.65. The van der Waals surface area contributed by atoms with Crippen LogP contribution in [0.15, 0.2) is 18.2 Å². The number of nitrogen functional groups attached to an aromatic ring is 1. The third-order valence-electron chi connectivity index (χ3n) is 2.77. The van der Waals surface area contributed by atoms with Crippen LogP contribution in [0.25, 0.3) is 0 Å². The molecule has 0 aliphatic rings. The van der Waals surface area contributed by atoms with Crippen molar-refractivity contribution in [2.75, 3.05) is 29.6 Å². The van der Waals surface area contributed by atoms with Gasteiger partial charge in [0.2, 0.25) is 0 Å². The Hall–Kier alpha value is -1.34. The molecular formula is C14H21N3S. The molecule has 0 atom stereocenters. The van der Waals surface area contributed by atoms with Crippen molar-refractivity contribution in [1.82, 2.24) is 0 Å². The van der Waals surface area contributed by atoms with E-state index in [9.17, 15) is 0 Å². The summed E-state index contributed by atoms with van der Waals surface area (Å²) in [6.07, 6.45) is 6.23. The Bertz CT molecular complexity index is 399. The number of unbranched alkanes of at least 4 members (excludes halogenated alkanes) is 2. The smallest absolute Gasteiger partial charge is 0.0670 e. The van der Waals surface area contributed by atoms with E-state index in [0.29, 0.717) is 12.1 Å². The number of nitrogens with zero attached hydrogens (tertiary/aromatic N) is 1. The van der Waals surface area contributed by atoms with Gasteiger partial charge in [-0.1, -0.05) is 6.42 Å². The Morgan fingerprint density at radius 1 is 1.33 bits per heavy atom. The molecule has 0 saturated carbocycles. The highest BCUT2D eigenvalue weighted by atomic mass is 32.2. The molecule has 0 heterocycles. The van der Waals surface area contributed by atoms with Gasteiger partial charge in [-0.25, -0.2) is 0 Å². The van der Waals surface area contributed by atoms with E-state index in [1.54, 1.807) is 0 Å². The van der Waals surface area contributed by atoms with Gasteiger partial charge in [-0.2, -0.15) is 17.0 Å². The molecule has 18 heavy (non-hydrogen) atoms. The zero-order valence-corrected chi connectivity index (χ0v) is 11.7. The van der Waals surface area contributed by atoms with Crippen molar-refractivity contribution in [3.05, 3.63) is 23.8 Å². The fourth-order valence-corrected chi connectivity index (χ4v) is 2.23. The maximum absolute atomic E-state index is 8.70. The number of hydrogen-bond acceptors (Lipinski definition) is 4. The third-order valence-corrected chi connectivity index (χ3v) is 3.46. The van der Waals surface area contributed by atoms with Gasteiger partial charge in [-0.3, -0.25) is 0 Å². The van der Waals surface area contributed by atoms with Gasteiger partial charge < -0.3 is 11.1 Å². The summed E-state index contributed by atoms with van der Waals surface area (Å²) in [5.41, 5.74) is 8.46. The van der Waals surface area contributed by atoms with Crippen molar-refractivity contribution in [1.29, 1.82) is 5.26 Å². The molecule has 1 aromatic rings.